The molecule has 0 bridgehead atoms. The number of aromatic nitrogens is 3. The molecule has 3 aromatic carbocycles. The smallest absolute Gasteiger partial charge is 0.350 e. The molecule has 0 spiro atoms. The molecular weight excluding hydrogens is 618 g/mol. The lowest BCUT2D eigenvalue weighted by molar-refractivity contribution is -0.178. The molecule has 2 aliphatic heterocycles. The molecule has 0 saturated carbocycles. The Balaban J connectivity index is 1.02. The van der Waals surface area contributed by atoms with E-state index in [2.05, 4.69) is 52.2 Å². The Hall–Kier alpha value is -5.00. The van der Waals surface area contributed by atoms with Gasteiger partial charge in [-0.25, -0.2) is 14.0 Å². The number of allylic oxidation sites excluding steroid dienone is 1. The number of nitrogens with zero attached hydrogens (tertiary/aromatic N) is 5. The van der Waals surface area contributed by atoms with Crippen LogP contribution in [0.4, 0.5) is 11.4 Å². The lowest BCUT2D eigenvalue weighted by Gasteiger charge is -2.37. The SMILES string of the molecule is CCC(C)n1ncn(-c2ccc(N3CCN(c4ccc(OC[C@@H]5CO[C@@](CC(/C=C\N)=C/N)(c6cccc(C)c6)O5)cc4)CC3)cc2)c1=O. The highest BCUT2D eigenvalue weighted by atomic mass is 16.8. The maximum Gasteiger partial charge on any atom is 0.350 e. The summed E-state index contributed by atoms with van der Waals surface area (Å²) in [5, 5.41) is 4.30. The van der Waals surface area contributed by atoms with Crippen LogP contribution in [0.2, 0.25) is 0 Å². The van der Waals surface area contributed by atoms with Crippen LogP contribution in [-0.4, -0.2) is 59.8 Å². The number of hydrogen-bond donors (Lipinski definition) is 2. The summed E-state index contributed by atoms with van der Waals surface area (Å²) in [6.45, 7) is 10.4. The fraction of sp³-hybridized carbons (Fsp3) is 0.368. The summed E-state index contributed by atoms with van der Waals surface area (Å²) in [6, 6.07) is 24.6. The normalized spacial score (nSPS) is 20.6. The summed E-state index contributed by atoms with van der Waals surface area (Å²) in [7, 11) is 0. The van der Waals surface area contributed by atoms with Crippen molar-refractivity contribution in [3.63, 3.8) is 0 Å². The summed E-state index contributed by atoms with van der Waals surface area (Å²) >= 11 is 0. The van der Waals surface area contributed by atoms with E-state index in [-0.39, 0.29) is 17.8 Å². The Morgan fingerprint density at radius 3 is 2.27 bits per heavy atom. The van der Waals surface area contributed by atoms with Crippen LogP contribution in [0.25, 0.3) is 5.69 Å². The predicted octanol–water partition coefficient (Wildman–Crippen LogP) is 4.99. The van der Waals surface area contributed by atoms with Gasteiger partial charge in [-0.2, -0.15) is 5.10 Å². The van der Waals surface area contributed by atoms with E-state index in [0.717, 1.165) is 72.1 Å². The van der Waals surface area contributed by atoms with Crippen molar-refractivity contribution < 1.29 is 14.2 Å². The second-order valence-corrected chi connectivity index (χ2v) is 12.7. The number of benzene rings is 3. The largest absolute Gasteiger partial charge is 0.491 e. The predicted molar refractivity (Wildman–Crippen MR) is 193 cm³/mol. The molecule has 2 fully saturated rings. The van der Waals surface area contributed by atoms with Crippen molar-refractivity contribution in [2.24, 2.45) is 11.5 Å². The number of aryl methyl sites for hydroxylation is 1. The van der Waals surface area contributed by atoms with Crippen molar-refractivity contribution in [3.05, 3.63) is 125 Å². The molecule has 2 aliphatic rings. The quantitative estimate of drug-likeness (QED) is 0.201. The third-order valence-corrected chi connectivity index (χ3v) is 9.39. The van der Waals surface area contributed by atoms with E-state index in [1.807, 2.05) is 56.3 Å². The minimum Gasteiger partial charge on any atom is -0.491 e. The van der Waals surface area contributed by atoms with Gasteiger partial charge in [0.05, 0.1) is 18.3 Å². The molecule has 2 saturated heterocycles. The van der Waals surface area contributed by atoms with Gasteiger partial charge in [-0.15, -0.1) is 0 Å². The van der Waals surface area contributed by atoms with E-state index in [9.17, 15) is 4.79 Å². The summed E-state index contributed by atoms with van der Waals surface area (Å²) < 4.78 is 22.2. The van der Waals surface area contributed by atoms with Crippen LogP contribution in [0.3, 0.4) is 0 Å². The molecule has 4 aromatic rings. The van der Waals surface area contributed by atoms with Gasteiger partial charge in [0.15, 0.2) is 5.79 Å². The summed E-state index contributed by atoms with van der Waals surface area (Å²) in [5.74, 6) is -0.197. The number of ether oxygens (including phenoxy) is 3. The van der Waals surface area contributed by atoms with Crippen molar-refractivity contribution in [1.82, 2.24) is 14.3 Å². The maximum atomic E-state index is 12.8. The Kier molecular flexibility index (Phi) is 10.4. The molecular formula is C38H47N7O4. The first-order valence-electron chi connectivity index (χ1n) is 17.0. The number of hydrogen-bond acceptors (Lipinski definition) is 9. The number of rotatable bonds is 12. The average molecular weight is 666 g/mol. The highest BCUT2D eigenvalue weighted by molar-refractivity contribution is 5.54. The molecule has 3 atom stereocenters. The average Bonchev–Trinajstić information content (AvgIpc) is 3.74. The minimum absolute atomic E-state index is 0.0686. The fourth-order valence-corrected chi connectivity index (χ4v) is 6.40. The third-order valence-electron chi connectivity index (χ3n) is 9.39. The second kappa shape index (κ2) is 15.0. The molecule has 49 heavy (non-hydrogen) atoms. The third kappa shape index (κ3) is 7.53. The summed E-state index contributed by atoms with van der Waals surface area (Å²) in [4.78, 5) is 17.6. The van der Waals surface area contributed by atoms with E-state index in [1.165, 1.54) is 12.4 Å². The highest BCUT2D eigenvalue weighted by Gasteiger charge is 2.44. The zero-order chi connectivity index (χ0) is 34.4. The molecule has 11 nitrogen and oxygen atoms in total. The molecule has 1 aromatic heterocycles. The zero-order valence-corrected chi connectivity index (χ0v) is 28.6. The summed E-state index contributed by atoms with van der Waals surface area (Å²) in [5.41, 5.74) is 17.4. The van der Waals surface area contributed by atoms with Crippen molar-refractivity contribution in [1.29, 1.82) is 0 Å². The van der Waals surface area contributed by atoms with Crippen molar-refractivity contribution in [2.75, 3.05) is 49.2 Å². The Morgan fingerprint density at radius 2 is 1.65 bits per heavy atom. The highest BCUT2D eigenvalue weighted by Crippen LogP contribution is 2.40. The van der Waals surface area contributed by atoms with Crippen molar-refractivity contribution >= 4 is 11.4 Å². The number of piperazine rings is 1. The van der Waals surface area contributed by atoms with Gasteiger partial charge in [0.2, 0.25) is 0 Å². The molecule has 4 N–H and O–H groups in total. The van der Waals surface area contributed by atoms with Crippen LogP contribution in [0.5, 0.6) is 5.75 Å². The van der Waals surface area contributed by atoms with Gasteiger partial charge in [0.1, 0.15) is 24.8 Å². The van der Waals surface area contributed by atoms with Crippen LogP contribution in [0.15, 0.2) is 108 Å². The molecule has 6 rings (SSSR count). The first-order chi connectivity index (χ1) is 23.8. The Morgan fingerprint density at radius 1 is 1.00 bits per heavy atom. The van der Waals surface area contributed by atoms with Crippen LogP contribution >= 0.6 is 0 Å². The lowest BCUT2D eigenvalue weighted by atomic mass is 9.96. The fourth-order valence-electron chi connectivity index (χ4n) is 6.40. The van der Waals surface area contributed by atoms with E-state index in [4.69, 9.17) is 25.7 Å². The second-order valence-electron chi connectivity index (χ2n) is 12.7. The van der Waals surface area contributed by atoms with Crippen molar-refractivity contribution in [3.8, 4) is 11.4 Å². The van der Waals surface area contributed by atoms with Gasteiger partial charge in [0, 0.05) is 49.5 Å². The molecule has 0 aliphatic carbocycles. The van der Waals surface area contributed by atoms with Gasteiger partial charge in [0.25, 0.3) is 0 Å². The summed E-state index contributed by atoms with van der Waals surface area (Å²) in [6.07, 6.45) is 7.40. The van der Waals surface area contributed by atoms with Crippen LogP contribution in [0.1, 0.15) is 43.9 Å². The first kappa shape index (κ1) is 33.9. The molecule has 3 heterocycles. The number of nitrogens with two attached hydrogens (primary N) is 2. The molecule has 11 heteroatoms. The van der Waals surface area contributed by atoms with Crippen molar-refractivity contribution in [2.45, 2.75) is 51.5 Å². The van der Waals surface area contributed by atoms with E-state index < -0.39 is 5.79 Å². The standard InChI is InChI=1S/C38H47N7O4/c1-4-29(3)45-37(46)44(27-41-45)34-10-8-32(9-11-34)42-18-20-43(21-19-42)33-12-14-35(15-13-33)47-25-36-26-48-38(49-36,23-30(24-40)16-17-39)31-7-5-6-28(2)22-31/h5-17,22,24,27,29,36H,4,18-21,23,25-26,39-40H2,1-3H3/b17-16-,30-24+/t29?,36-,38-/m1/s1. The monoisotopic (exact) mass is 665 g/mol. The lowest BCUT2D eigenvalue weighted by Crippen LogP contribution is -2.46. The topological polar surface area (TPSA) is 126 Å². The van der Waals surface area contributed by atoms with Gasteiger partial charge >= 0.3 is 5.69 Å². The maximum absolute atomic E-state index is 12.8. The number of anilines is 2. The van der Waals surface area contributed by atoms with Crippen LogP contribution in [0, 0.1) is 6.92 Å². The van der Waals surface area contributed by atoms with E-state index in [1.54, 1.807) is 21.7 Å². The molecule has 1 unspecified atom stereocenters. The van der Waals surface area contributed by atoms with Gasteiger partial charge in [-0.05, 0) is 92.8 Å². The first-order valence-corrected chi connectivity index (χ1v) is 17.0. The van der Waals surface area contributed by atoms with Gasteiger partial charge < -0.3 is 35.5 Å². The Bertz CT molecular complexity index is 1810. The molecule has 258 valence electrons. The van der Waals surface area contributed by atoms with E-state index in [0.29, 0.717) is 19.6 Å². The zero-order valence-electron chi connectivity index (χ0n) is 28.6. The van der Waals surface area contributed by atoms with Gasteiger partial charge in [-0.3, -0.25) is 0 Å². The minimum atomic E-state index is -0.977. The van der Waals surface area contributed by atoms with Crippen LogP contribution in [-0.2, 0) is 15.3 Å². The van der Waals surface area contributed by atoms with E-state index >= 15 is 0 Å². The van der Waals surface area contributed by atoms with Crippen LogP contribution < -0.4 is 31.7 Å². The molecule has 0 amide bonds. The Labute approximate surface area is 288 Å². The van der Waals surface area contributed by atoms with Gasteiger partial charge in [-0.1, -0.05) is 36.8 Å². The molecule has 0 radical (unpaired) electrons.